The van der Waals surface area contributed by atoms with Gasteiger partial charge in [0.05, 0.1) is 18.1 Å². The van der Waals surface area contributed by atoms with Gasteiger partial charge in [-0.3, -0.25) is 4.79 Å². The van der Waals surface area contributed by atoms with Crippen LogP contribution in [0.15, 0.2) is 66.9 Å². The second-order valence-corrected chi connectivity index (χ2v) is 7.27. The Morgan fingerprint density at radius 1 is 1.10 bits per heavy atom. The summed E-state index contributed by atoms with van der Waals surface area (Å²) >= 11 is 5.93. The molecule has 0 aliphatic carbocycles. The first kappa shape index (κ1) is 20.7. The number of carbonyl (C=O) groups is 1. The molecule has 2 heterocycles. The van der Waals surface area contributed by atoms with Crippen molar-refractivity contribution < 1.29 is 14.3 Å². The number of ether oxygens (including phenoxy) is 2. The molecule has 0 fully saturated rings. The number of hydrogen-bond donors (Lipinski definition) is 1. The van der Waals surface area contributed by atoms with Gasteiger partial charge in [-0.25, -0.2) is 9.97 Å². The molecule has 1 N–H and O–H groups in total. The molecule has 1 amide bonds. The highest BCUT2D eigenvalue weighted by Gasteiger charge is 2.14. The van der Waals surface area contributed by atoms with Gasteiger partial charge in [0.2, 0.25) is 11.8 Å². The Hall–Kier alpha value is -3.58. The summed E-state index contributed by atoms with van der Waals surface area (Å²) in [6.07, 6.45) is 1.68. The van der Waals surface area contributed by atoms with Crippen molar-refractivity contribution in [3.8, 4) is 11.6 Å². The average Bonchev–Trinajstić information content (AvgIpc) is 3.15. The van der Waals surface area contributed by atoms with Gasteiger partial charge in [-0.05, 0) is 42.0 Å². The maximum atomic E-state index is 12.7. The molecule has 0 saturated heterocycles. The molecular weight excluding hydrogens is 416 g/mol. The molecule has 31 heavy (non-hydrogen) atoms. The lowest BCUT2D eigenvalue weighted by atomic mass is 10.3. The number of methoxy groups -OCH3 is 1. The maximum absolute atomic E-state index is 12.7. The van der Waals surface area contributed by atoms with Crippen LogP contribution in [0.3, 0.4) is 0 Å². The number of nitrogens with one attached hydrogen (secondary N) is 1. The quantitative estimate of drug-likeness (QED) is 0.452. The van der Waals surface area contributed by atoms with Crippen LogP contribution in [0.25, 0.3) is 11.0 Å². The lowest BCUT2D eigenvalue weighted by Gasteiger charge is -2.11. The number of hydrogen-bond acceptors (Lipinski definition) is 5. The van der Waals surface area contributed by atoms with E-state index in [1.165, 1.54) is 0 Å². The Bertz CT molecular complexity index is 1170. The van der Waals surface area contributed by atoms with Crippen molar-refractivity contribution in [1.29, 1.82) is 0 Å². The molecule has 0 saturated carbocycles. The van der Waals surface area contributed by atoms with Crippen LogP contribution in [0.1, 0.15) is 11.4 Å². The van der Waals surface area contributed by atoms with Crippen LogP contribution in [-0.2, 0) is 24.5 Å². The smallest absolute Gasteiger partial charge is 0.240 e. The van der Waals surface area contributed by atoms with Crippen molar-refractivity contribution in [3.05, 3.63) is 83.3 Å². The Morgan fingerprint density at radius 3 is 2.65 bits per heavy atom. The van der Waals surface area contributed by atoms with Crippen LogP contribution in [0.2, 0.25) is 5.02 Å². The molecule has 0 aliphatic heterocycles. The summed E-state index contributed by atoms with van der Waals surface area (Å²) in [7, 11) is 1.56. The van der Waals surface area contributed by atoms with Crippen molar-refractivity contribution in [2.75, 3.05) is 7.11 Å². The SMILES string of the molecule is COc1ccc(CNC(=O)Cn2c(COc3ccc(Cl)cc3)nc3ccccc32)cn1. The van der Waals surface area contributed by atoms with Crippen LogP contribution < -0.4 is 14.8 Å². The summed E-state index contributed by atoms with van der Waals surface area (Å²) in [5.74, 6) is 1.74. The maximum Gasteiger partial charge on any atom is 0.240 e. The number of halogens is 1. The topological polar surface area (TPSA) is 78.3 Å². The fourth-order valence-electron chi connectivity index (χ4n) is 3.13. The fraction of sp³-hybridized carbons (Fsp3) is 0.174. The molecule has 0 atom stereocenters. The predicted molar refractivity (Wildman–Crippen MR) is 118 cm³/mol. The fourth-order valence-corrected chi connectivity index (χ4v) is 3.25. The summed E-state index contributed by atoms with van der Waals surface area (Å²) < 4.78 is 12.8. The number of pyridine rings is 1. The van der Waals surface area contributed by atoms with Crippen LogP contribution in [0, 0.1) is 0 Å². The van der Waals surface area contributed by atoms with Gasteiger partial charge in [0, 0.05) is 23.8 Å². The molecule has 0 aliphatic rings. The first-order valence-corrected chi connectivity index (χ1v) is 10.1. The zero-order valence-corrected chi connectivity index (χ0v) is 17.7. The van der Waals surface area contributed by atoms with Crippen LogP contribution >= 0.6 is 11.6 Å². The molecule has 158 valence electrons. The number of aromatic nitrogens is 3. The van der Waals surface area contributed by atoms with Crippen molar-refractivity contribution in [2.45, 2.75) is 19.7 Å². The lowest BCUT2D eigenvalue weighted by molar-refractivity contribution is -0.121. The van der Waals surface area contributed by atoms with Crippen molar-refractivity contribution in [2.24, 2.45) is 0 Å². The summed E-state index contributed by atoms with van der Waals surface area (Å²) in [5.41, 5.74) is 2.57. The zero-order chi connectivity index (χ0) is 21.6. The average molecular weight is 437 g/mol. The molecule has 8 heteroatoms. The van der Waals surface area contributed by atoms with Gasteiger partial charge in [0.1, 0.15) is 24.7 Å². The van der Waals surface area contributed by atoms with Crippen molar-refractivity contribution in [3.63, 3.8) is 0 Å². The molecule has 2 aromatic heterocycles. The van der Waals surface area contributed by atoms with E-state index < -0.39 is 0 Å². The third kappa shape index (κ3) is 5.13. The number of amides is 1. The standard InChI is InChI=1S/C23H21ClN4O3/c1-30-23-11-6-16(13-26-23)12-25-22(29)14-28-20-5-3-2-4-19(20)27-21(28)15-31-18-9-7-17(24)8-10-18/h2-11,13H,12,14-15H2,1H3,(H,25,29). The van der Waals surface area contributed by atoms with Crippen LogP contribution in [0.5, 0.6) is 11.6 Å². The minimum absolute atomic E-state index is 0.128. The molecule has 0 bridgehead atoms. The minimum Gasteiger partial charge on any atom is -0.486 e. The Morgan fingerprint density at radius 2 is 1.90 bits per heavy atom. The van der Waals surface area contributed by atoms with Gasteiger partial charge in [0.15, 0.2) is 0 Å². The number of imidazole rings is 1. The van der Waals surface area contributed by atoms with Crippen molar-refractivity contribution >= 4 is 28.5 Å². The number of para-hydroxylation sites is 2. The molecule has 0 unspecified atom stereocenters. The normalized spacial score (nSPS) is 10.8. The Labute approximate surface area is 184 Å². The largest absolute Gasteiger partial charge is 0.486 e. The Kier molecular flexibility index (Phi) is 6.33. The van der Waals surface area contributed by atoms with Crippen LogP contribution in [-0.4, -0.2) is 27.6 Å². The lowest BCUT2D eigenvalue weighted by Crippen LogP contribution is -2.28. The summed E-state index contributed by atoms with van der Waals surface area (Å²) in [5, 5.41) is 3.56. The van der Waals surface area contributed by atoms with E-state index in [0.29, 0.717) is 29.0 Å². The number of benzene rings is 2. The first-order chi connectivity index (χ1) is 15.1. The number of fused-ring (bicyclic) bond motifs is 1. The van der Waals surface area contributed by atoms with E-state index in [0.717, 1.165) is 16.6 Å². The third-order valence-electron chi connectivity index (χ3n) is 4.71. The van der Waals surface area contributed by atoms with Gasteiger partial charge in [-0.2, -0.15) is 0 Å². The second kappa shape index (κ2) is 9.49. The highest BCUT2D eigenvalue weighted by molar-refractivity contribution is 6.30. The van der Waals surface area contributed by atoms with E-state index in [1.807, 2.05) is 34.9 Å². The molecule has 7 nitrogen and oxygen atoms in total. The molecule has 0 spiro atoms. The van der Waals surface area contributed by atoms with Crippen molar-refractivity contribution in [1.82, 2.24) is 19.9 Å². The molecule has 0 radical (unpaired) electrons. The van der Waals surface area contributed by atoms with E-state index in [1.54, 1.807) is 43.6 Å². The van der Waals surface area contributed by atoms with Gasteiger partial charge in [0.25, 0.3) is 0 Å². The first-order valence-electron chi connectivity index (χ1n) is 9.70. The van der Waals surface area contributed by atoms with Crippen LogP contribution in [0.4, 0.5) is 0 Å². The van der Waals surface area contributed by atoms with Gasteiger partial charge >= 0.3 is 0 Å². The monoisotopic (exact) mass is 436 g/mol. The molecule has 4 aromatic rings. The molecule has 2 aromatic carbocycles. The molecule has 4 rings (SSSR count). The van der Waals surface area contributed by atoms with E-state index >= 15 is 0 Å². The Balaban J connectivity index is 1.46. The number of carbonyl (C=O) groups excluding carboxylic acids is 1. The second-order valence-electron chi connectivity index (χ2n) is 6.83. The van der Waals surface area contributed by atoms with Gasteiger partial charge < -0.3 is 19.4 Å². The number of rotatable bonds is 8. The molecular formula is C23H21ClN4O3. The third-order valence-corrected chi connectivity index (χ3v) is 4.97. The summed E-state index contributed by atoms with van der Waals surface area (Å²) in [4.78, 5) is 21.4. The predicted octanol–water partition coefficient (Wildman–Crippen LogP) is 3.99. The summed E-state index contributed by atoms with van der Waals surface area (Å²) in [6, 6.07) is 18.4. The van der Waals surface area contributed by atoms with Gasteiger partial charge in [-0.1, -0.05) is 29.8 Å². The minimum atomic E-state index is -0.133. The highest BCUT2D eigenvalue weighted by atomic mass is 35.5. The van der Waals surface area contributed by atoms with E-state index in [2.05, 4.69) is 15.3 Å². The summed E-state index contributed by atoms with van der Waals surface area (Å²) in [6.45, 7) is 0.731. The van der Waals surface area contributed by atoms with E-state index in [9.17, 15) is 4.79 Å². The highest BCUT2D eigenvalue weighted by Crippen LogP contribution is 2.20. The zero-order valence-electron chi connectivity index (χ0n) is 16.9. The van der Waals surface area contributed by atoms with E-state index in [4.69, 9.17) is 21.1 Å². The van der Waals surface area contributed by atoms with E-state index in [-0.39, 0.29) is 19.1 Å². The number of nitrogens with zero attached hydrogens (tertiary/aromatic N) is 3. The van der Waals surface area contributed by atoms with Gasteiger partial charge in [-0.15, -0.1) is 0 Å².